The molecule has 138 valence electrons. The number of hydrogen-bond donors (Lipinski definition) is 1. The Hall–Kier alpha value is -2.60. The zero-order chi connectivity index (χ0) is 18.5. The van der Waals surface area contributed by atoms with E-state index in [0.29, 0.717) is 5.69 Å². The van der Waals surface area contributed by atoms with E-state index in [1.165, 1.54) is 0 Å². The summed E-state index contributed by atoms with van der Waals surface area (Å²) in [5, 5.41) is 3.31. The average molecular weight is 354 g/mol. The van der Waals surface area contributed by atoms with Gasteiger partial charge in [0.1, 0.15) is 11.4 Å². The minimum Gasteiger partial charge on any atom is -0.489 e. The zero-order valence-electron chi connectivity index (χ0n) is 15.6. The van der Waals surface area contributed by atoms with Crippen LogP contribution in [-0.2, 0) is 0 Å². The van der Waals surface area contributed by atoms with Gasteiger partial charge in [0.2, 0.25) is 0 Å². The maximum Gasteiger partial charge on any atom is 0.272 e. The van der Waals surface area contributed by atoms with E-state index >= 15 is 0 Å². The van der Waals surface area contributed by atoms with E-state index in [4.69, 9.17) is 4.74 Å². The highest BCUT2D eigenvalue weighted by molar-refractivity contribution is 5.92. The van der Waals surface area contributed by atoms with E-state index in [-0.39, 0.29) is 12.0 Å². The summed E-state index contributed by atoms with van der Waals surface area (Å²) in [6, 6.07) is 11.4. The fraction of sp³-hybridized carbons (Fsp3) is 0.400. The number of likely N-dealkylation sites (N-methyl/N-ethyl adjacent to an activating group) is 1. The number of rotatable bonds is 5. The Labute approximate surface area is 154 Å². The first-order chi connectivity index (χ1) is 12.5. The summed E-state index contributed by atoms with van der Waals surface area (Å²) in [4.78, 5) is 21.0. The van der Waals surface area contributed by atoms with Gasteiger partial charge in [0.25, 0.3) is 5.91 Å². The molecule has 1 aliphatic rings. The average Bonchev–Trinajstić information content (AvgIpc) is 2.64. The fourth-order valence-electron chi connectivity index (χ4n) is 2.85. The van der Waals surface area contributed by atoms with Crippen molar-refractivity contribution >= 4 is 17.3 Å². The fourth-order valence-corrected chi connectivity index (χ4v) is 2.85. The molecule has 0 atom stereocenters. The van der Waals surface area contributed by atoms with E-state index in [1.54, 1.807) is 12.3 Å². The molecule has 0 radical (unpaired) electrons. The van der Waals surface area contributed by atoms with Crippen molar-refractivity contribution in [1.82, 2.24) is 14.8 Å². The van der Waals surface area contributed by atoms with Gasteiger partial charge < -0.3 is 19.9 Å². The minimum atomic E-state index is -0.00630. The lowest BCUT2D eigenvalue weighted by Gasteiger charge is -2.32. The van der Waals surface area contributed by atoms with Crippen LogP contribution >= 0.6 is 0 Å². The summed E-state index contributed by atoms with van der Waals surface area (Å²) >= 11 is 0. The Bertz CT molecular complexity index is 738. The predicted molar refractivity (Wildman–Crippen MR) is 103 cm³/mol. The molecule has 1 aromatic heterocycles. The molecule has 6 heteroatoms. The summed E-state index contributed by atoms with van der Waals surface area (Å²) in [5.74, 6) is 0.785. The number of anilines is 2. The summed E-state index contributed by atoms with van der Waals surface area (Å²) in [6.07, 6.45) is 1.79. The van der Waals surface area contributed by atoms with Gasteiger partial charge in [0.05, 0.1) is 23.7 Å². The van der Waals surface area contributed by atoms with E-state index in [1.807, 2.05) is 49.1 Å². The molecule has 0 aliphatic carbocycles. The highest BCUT2D eigenvalue weighted by atomic mass is 16.5. The Kier molecular flexibility index (Phi) is 5.73. The number of aromatic nitrogens is 1. The molecule has 1 saturated heterocycles. The Morgan fingerprint density at radius 2 is 1.85 bits per heavy atom. The number of benzene rings is 1. The monoisotopic (exact) mass is 354 g/mol. The van der Waals surface area contributed by atoms with Crippen molar-refractivity contribution in [3.8, 4) is 5.75 Å². The molecule has 3 rings (SSSR count). The van der Waals surface area contributed by atoms with Gasteiger partial charge in [-0.25, -0.2) is 4.98 Å². The van der Waals surface area contributed by atoms with E-state index < -0.39 is 0 Å². The maximum atomic E-state index is 12.6. The molecule has 2 heterocycles. The van der Waals surface area contributed by atoms with Crippen LogP contribution in [0.1, 0.15) is 24.3 Å². The second kappa shape index (κ2) is 8.19. The van der Waals surface area contributed by atoms with Crippen LogP contribution in [0.4, 0.5) is 11.4 Å². The van der Waals surface area contributed by atoms with Crippen LogP contribution in [-0.4, -0.2) is 60.0 Å². The van der Waals surface area contributed by atoms with Crippen LogP contribution in [0.15, 0.2) is 42.6 Å². The van der Waals surface area contributed by atoms with Crippen LogP contribution in [0, 0.1) is 0 Å². The molecule has 0 bridgehead atoms. The molecular formula is C20H26N4O2. The first kappa shape index (κ1) is 18.2. The molecule has 1 aliphatic heterocycles. The molecule has 2 aromatic rings. The van der Waals surface area contributed by atoms with E-state index in [2.05, 4.69) is 22.2 Å². The number of amides is 1. The van der Waals surface area contributed by atoms with Crippen LogP contribution in [0.5, 0.6) is 5.75 Å². The second-order valence-electron chi connectivity index (χ2n) is 6.82. The topological polar surface area (TPSA) is 57.7 Å². The molecule has 1 fully saturated rings. The van der Waals surface area contributed by atoms with Gasteiger partial charge in [-0.1, -0.05) is 12.1 Å². The van der Waals surface area contributed by atoms with Gasteiger partial charge in [0.15, 0.2) is 0 Å². The van der Waals surface area contributed by atoms with Gasteiger partial charge in [-0.3, -0.25) is 4.79 Å². The molecule has 0 spiro atoms. The Morgan fingerprint density at radius 1 is 1.12 bits per heavy atom. The van der Waals surface area contributed by atoms with Gasteiger partial charge >= 0.3 is 0 Å². The van der Waals surface area contributed by atoms with Crippen molar-refractivity contribution in [2.24, 2.45) is 0 Å². The number of carbonyl (C=O) groups excluding carboxylic acids is 1. The van der Waals surface area contributed by atoms with Crippen molar-refractivity contribution in [2.45, 2.75) is 20.0 Å². The standard InChI is InChI=1S/C20H26N4O2/c1-15(2)26-19-7-5-4-6-17(19)22-16-8-9-18(21-14-16)20(25)24-12-10-23(3)11-13-24/h4-9,14-15,22H,10-13H2,1-3H3. The third-order valence-electron chi connectivity index (χ3n) is 4.30. The maximum absolute atomic E-state index is 12.6. The highest BCUT2D eigenvalue weighted by Gasteiger charge is 2.21. The number of piperazine rings is 1. The van der Waals surface area contributed by atoms with Crippen molar-refractivity contribution in [2.75, 3.05) is 38.5 Å². The smallest absolute Gasteiger partial charge is 0.272 e. The molecule has 1 amide bonds. The highest BCUT2D eigenvalue weighted by Crippen LogP contribution is 2.28. The Balaban J connectivity index is 1.68. The largest absolute Gasteiger partial charge is 0.489 e. The predicted octanol–water partition coefficient (Wildman–Crippen LogP) is 3.00. The lowest BCUT2D eigenvalue weighted by atomic mass is 10.2. The zero-order valence-corrected chi connectivity index (χ0v) is 15.6. The van der Waals surface area contributed by atoms with Crippen molar-refractivity contribution < 1.29 is 9.53 Å². The van der Waals surface area contributed by atoms with Crippen molar-refractivity contribution in [3.63, 3.8) is 0 Å². The molecule has 1 aromatic carbocycles. The number of pyridine rings is 1. The summed E-state index contributed by atoms with van der Waals surface area (Å²) in [7, 11) is 2.07. The van der Waals surface area contributed by atoms with Crippen LogP contribution in [0.2, 0.25) is 0 Å². The van der Waals surface area contributed by atoms with Gasteiger partial charge in [0, 0.05) is 26.2 Å². The lowest BCUT2D eigenvalue weighted by molar-refractivity contribution is 0.0658. The number of para-hydroxylation sites is 2. The third-order valence-corrected chi connectivity index (χ3v) is 4.30. The van der Waals surface area contributed by atoms with Gasteiger partial charge in [-0.05, 0) is 45.2 Å². The Morgan fingerprint density at radius 3 is 2.50 bits per heavy atom. The molecular weight excluding hydrogens is 328 g/mol. The lowest BCUT2D eigenvalue weighted by Crippen LogP contribution is -2.47. The van der Waals surface area contributed by atoms with Gasteiger partial charge in [-0.15, -0.1) is 0 Å². The molecule has 6 nitrogen and oxygen atoms in total. The summed E-state index contributed by atoms with van der Waals surface area (Å²) in [6.45, 7) is 7.29. The minimum absolute atomic E-state index is 0.00630. The first-order valence-electron chi connectivity index (χ1n) is 8.99. The summed E-state index contributed by atoms with van der Waals surface area (Å²) < 4.78 is 5.82. The van der Waals surface area contributed by atoms with Crippen LogP contribution < -0.4 is 10.1 Å². The van der Waals surface area contributed by atoms with E-state index in [0.717, 1.165) is 43.3 Å². The molecule has 0 saturated carbocycles. The van der Waals surface area contributed by atoms with Crippen molar-refractivity contribution in [1.29, 1.82) is 0 Å². The number of hydrogen-bond acceptors (Lipinski definition) is 5. The number of nitrogens with one attached hydrogen (secondary N) is 1. The molecule has 26 heavy (non-hydrogen) atoms. The SMILES string of the molecule is CC(C)Oc1ccccc1Nc1ccc(C(=O)N2CCN(C)CC2)nc1. The molecule has 0 unspecified atom stereocenters. The number of carbonyl (C=O) groups is 1. The summed E-state index contributed by atoms with van der Waals surface area (Å²) in [5.41, 5.74) is 2.17. The van der Waals surface area contributed by atoms with Gasteiger partial charge in [-0.2, -0.15) is 0 Å². The normalized spacial score (nSPS) is 15.2. The first-order valence-corrected chi connectivity index (χ1v) is 8.99. The third kappa shape index (κ3) is 4.52. The second-order valence-corrected chi connectivity index (χ2v) is 6.82. The number of nitrogens with zero attached hydrogens (tertiary/aromatic N) is 3. The number of ether oxygens (including phenoxy) is 1. The quantitative estimate of drug-likeness (QED) is 0.894. The van der Waals surface area contributed by atoms with Crippen molar-refractivity contribution in [3.05, 3.63) is 48.3 Å². The van der Waals surface area contributed by atoms with E-state index in [9.17, 15) is 4.79 Å². The van der Waals surface area contributed by atoms with Crippen LogP contribution in [0.25, 0.3) is 0 Å². The molecule has 1 N–H and O–H groups in total. The van der Waals surface area contributed by atoms with Crippen LogP contribution in [0.3, 0.4) is 0 Å².